The van der Waals surface area contributed by atoms with E-state index >= 15 is 0 Å². The van der Waals surface area contributed by atoms with E-state index < -0.39 is 11.1 Å². The van der Waals surface area contributed by atoms with Crippen molar-refractivity contribution in [1.82, 2.24) is 10.2 Å². The number of carbonyl (C=O) groups excluding carboxylic acids is 2. The standard InChI is InChI=1S/C12H22N2O3/c1-11(2,17-5)8-14-7-6-9(15)13-12(3,4)10(14)16/h6-8H2,1-5H3,(H,13,15). The second-order valence-electron chi connectivity index (χ2n) is 5.61. The lowest BCUT2D eigenvalue weighted by Gasteiger charge is -2.34. The Labute approximate surface area is 102 Å². The van der Waals surface area contributed by atoms with Gasteiger partial charge in [-0.25, -0.2) is 0 Å². The molecule has 0 spiro atoms. The summed E-state index contributed by atoms with van der Waals surface area (Å²) in [6.45, 7) is 8.24. The average Bonchev–Trinajstić information content (AvgIpc) is 2.29. The zero-order chi connectivity index (χ0) is 13.3. The number of hydrogen-bond acceptors (Lipinski definition) is 3. The molecule has 5 heteroatoms. The quantitative estimate of drug-likeness (QED) is 0.785. The zero-order valence-corrected chi connectivity index (χ0v) is 11.3. The molecule has 0 unspecified atom stereocenters. The summed E-state index contributed by atoms with van der Waals surface area (Å²) in [5, 5.41) is 2.73. The van der Waals surface area contributed by atoms with Crippen LogP contribution in [0.25, 0.3) is 0 Å². The number of hydrogen-bond donors (Lipinski definition) is 1. The molecule has 0 atom stereocenters. The molecule has 0 aromatic carbocycles. The van der Waals surface area contributed by atoms with Gasteiger partial charge in [-0.05, 0) is 27.7 Å². The van der Waals surface area contributed by atoms with Crippen LogP contribution < -0.4 is 5.32 Å². The van der Waals surface area contributed by atoms with Crippen molar-refractivity contribution in [3.05, 3.63) is 0 Å². The first-order valence-electron chi connectivity index (χ1n) is 5.83. The highest BCUT2D eigenvalue weighted by molar-refractivity contribution is 5.92. The maximum atomic E-state index is 12.3. The van der Waals surface area contributed by atoms with Gasteiger partial charge in [-0.15, -0.1) is 0 Å². The van der Waals surface area contributed by atoms with Crippen LogP contribution >= 0.6 is 0 Å². The molecule has 0 aromatic heterocycles. The lowest BCUT2D eigenvalue weighted by atomic mass is 10.0. The summed E-state index contributed by atoms with van der Waals surface area (Å²) in [7, 11) is 1.62. The summed E-state index contributed by atoms with van der Waals surface area (Å²) in [6.07, 6.45) is 0.342. The van der Waals surface area contributed by atoms with E-state index in [0.717, 1.165) is 0 Å². The van der Waals surface area contributed by atoms with Gasteiger partial charge in [0.25, 0.3) is 0 Å². The molecule has 0 bridgehead atoms. The van der Waals surface area contributed by atoms with Gasteiger partial charge in [0.1, 0.15) is 5.54 Å². The summed E-state index contributed by atoms with van der Waals surface area (Å²) in [5.41, 5.74) is -1.24. The molecule has 1 heterocycles. The van der Waals surface area contributed by atoms with Crippen molar-refractivity contribution in [1.29, 1.82) is 0 Å². The van der Waals surface area contributed by atoms with Crippen LogP contribution in [0.4, 0.5) is 0 Å². The second-order valence-corrected chi connectivity index (χ2v) is 5.61. The normalized spacial score (nSPS) is 21.1. The predicted octanol–water partition coefficient (Wildman–Crippen LogP) is 0.538. The summed E-state index contributed by atoms with van der Waals surface area (Å²) >= 11 is 0. The van der Waals surface area contributed by atoms with E-state index in [1.807, 2.05) is 13.8 Å². The Hall–Kier alpha value is -1.10. The smallest absolute Gasteiger partial charge is 0.247 e. The maximum absolute atomic E-state index is 12.3. The lowest BCUT2D eigenvalue weighted by molar-refractivity contribution is -0.140. The molecule has 1 rings (SSSR count). The maximum Gasteiger partial charge on any atom is 0.247 e. The first-order valence-corrected chi connectivity index (χ1v) is 5.83. The number of methoxy groups -OCH3 is 1. The minimum absolute atomic E-state index is 0.0616. The van der Waals surface area contributed by atoms with Crippen molar-refractivity contribution in [2.24, 2.45) is 0 Å². The van der Waals surface area contributed by atoms with Crippen LogP contribution in [-0.2, 0) is 14.3 Å². The van der Waals surface area contributed by atoms with Gasteiger partial charge in [0.15, 0.2) is 0 Å². The van der Waals surface area contributed by atoms with Crippen LogP contribution in [0.3, 0.4) is 0 Å². The predicted molar refractivity (Wildman–Crippen MR) is 64.5 cm³/mol. The molecule has 5 nitrogen and oxygen atoms in total. The fourth-order valence-electron chi connectivity index (χ4n) is 1.87. The Balaban J connectivity index is 2.85. The number of nitrogens with one attached hydrogen (secondary N) is 1. The highest BCUT2D eigenvalue weighted by Gasteiger charge is 2.38. The Bertz CT molecular complexity index is 324. The molecule has 1 aliphatic heterocycles. The monoisotopic (exact) mass is 242 g/mol. The Kier molecular flexibility index (Phi) is 3.81. The Morgan fingerprint density at radius 3 is 2.53 bits per heavy atom. The second kappa shape index (κ2) is 4.64. The van der Waals surface area contributed by atoms with Gasteiger partial charge in [-0.1, -0.05) is 0 Å². The molecule has 17 heavy (non-hydrogen) atoms. The van der Waals surface area contributed by atoms with Gasteiger partial charge in [-0.2, -0.15) is 0 Å². The summed E-state index contributed by atoms with van der Waals surface area (Å²) in [5.74, 6) is -0.144. The van der Waals surface area contributed by atoms with Gasteiger partial charge < -0.3 is 15.0 Å². The van der Waals surface area contributed by atoms with Crippen LogP contribution in [0, 0.1) is 0 Å². The number of nitrogens with zero attached hydrogens (tertiary/aromatic N) is 1. The van der Waals surface area contributed by atoms with Gasteiger partial charge >= 0.3 is 0 Å². The molecule has 0 saturated carbocycles. The van der Waals surface area contributed by atoms with E-state index in [1.54, 1.807) is 25.9 Å². The molecular weight excluding hydrogens is 220 g/mol. The first-order chi connectivity index (χ1) is 7.68. The van der Waals surface area contributed by atoms with Gasteiger partial charge in [0.05, 0.1) is 5.60 Å². The molecule has 0 radical (unpaired) electrons. The molecule has 1 N–H and O–H groups in total. The van der Waals surface area contributed by atoms with Crippen LogP contribution in [0.2, 0.25) is 0 Å². The van der Waals surface area contributed by atoms with Gasteiger partial charge in [-0.3, -0.25) is 9.59 Å². The number of rotatable bonds is 3. The molecule has 1 saturated heterocycles. The fourth-order valence-corrected chi connectivity index (χ4v) is 1.87. The average molecular weight is 242 g/mol. The zero-order valence-electron chi connectivity index (χ0n) is 11.3. The summed E-state index contributed by atoms with van der Waals surface area (Å²) in [4.78, 5) is 25.5. The van der Waals surface area contributed by atoms with Crippen LogP contribution in [0.15, 0.2) is 0 Å². The number of carbonyl (C=O) groups is 2. The number of amides is 2. The summed E-state index contributed by atoms with van der Waals surface area (Å²) < 4.78 is 5.33. The minimum Gasteiger partial charge on any atom is -0.377 e. The van der Waals surface area contributed by atoms with Crippen molar-refractivity contribution in [2.75, 3.05) is 20.2 Å². The lowest BCUT2D eigenvalue weighted by Crippen LogP contribution is -2.55. The van der Waals surface area contributed by atoms with Gasteiger partial charge in [0, 0.05) is 26.6 Å². The van der Waals surface area contributed by atoms with E-state index in [4.69, 9.17) is 4.74 Å². The molecule has 98 valence electrons. The third kappa shape index (κ3) is 3.43. The Morgan fingerprint density at radius 2 is 2.00 bits per heavy atom. The SMILES string of the molecule is COC(C)(C)CN1CCC(=O)NC(C)(C)C1=O. The first kappa shape index (κ1) is 14.0. The van der Waals surface area contributed by atoms with Crippen molar-refractivity contribution >= 4 is 11.8 Å². The largest absolute Gasteiger partial charge is 0.377 e. The summed E-state index contributed by atoms with van der Waals surface area (Å²) in [6, 6.07) is 0. The van der Waals surface area contributed by atoms with Crippen LogP contribution in [0.5, 0.6) is 0 Å². The third-order valence-electron chi connectivity index (χ3n) is 3.01. The third-order valence-corrected chi connectivity index (χ3v) is 3.01. The van der Waals surface area contributed by atoms with Crippen molar-refractivity contribution in [3.63, 3.8) is 0 Å². The molecular formula is C12H22N2O3. The van der Waals surface area contributed by atoms with Crippen molar-refractivity contribution in [2.45, 2.75) is 45.3 Å². The molecule has 1 aliphatic rings. The molecule has 2 amide bonds. The topological polar surface area (TPSA) is 58.6 Å². The minimum atomic E-state index is -0.836. The van der Waals surface area contributed by atoms with E-state index in [-0.39, 0.29) is 11.8 Å². The Morgan fingerprint density at radius 1 is 1.41 bits per heavy atom. The highest BCUT2D eigenvalue weighted by atomic mass is 16.5. The van der Waals surface area contributed by atoms with Crippen LogP contribution in [0.1, 0.15) is 34.1 Å². The van der Waals surface area contributed by atoms with E-state index in [1.165, 1.54) is 0 Å². The molecule has 1 fully saturated rings. The molecule has 0 aliphatic carbocycles. The van der Waals surface area contributed by atoms with E-state index in [0.29, 0.717) is 19.5 Å². The fraction of sp³-hybridized carbons (Fsp3) is 0.833. The van der Waals surface area contributed by atoms with E-state index in [2.05, 4.69) is 5.32 Å². The van der Waals surface area contributed by atoms with Crippen molar-refractivity contribution < 1.29 is 14.3 Å². The van der Waals surface area contributed by atoms with Crippen molar-refractivity contribution in [3.8, 4) is 0 Å². The van der Waals surface area contributed by atoms with E-state index in [9.17, 15) is 9.59 Å². The highest BCUT2D eigenvalue weighted by Crippen LogP contribution is 2.17. The molecule has 0 aromatic rings. The van der Waals surface area contributed by atoms with Gasteiger partial charge in [0.2, 0.25) is 11.8 Å². The number of ether oxygens (including phenoxy) is 1. The van der Waals surface area contributed by atoms with Crippen LogP contribution in [-0.4, -0.2) is 48.1 Å².